The molecule has 1 aliphatic heterocycles. The van der Waals surface area contributed by atoms with E-state index in [1.807, 2.05) is 34.1 Å². The Morgan fingerprint density at radius 2 is 1.61 bits per heavy atom. The molecule has 1 aliphatic carbocycles. The number of aromatic nitrogens is 2. The summed E-state index contributed by atoms with van der Waals surface area (Å²) in [5, 5.41) is 0. The molecule has 2 fully saturated rings. The van der Waals surface area contributed by atoms with E-state index >= 15 is 0 Å². The Hall–Kier alpha value is -2.80. The molecule has 2 heterocycles. The Morgan fingerprint density at radius 3 is 2.39 bits per heavy atom. The second-order valence-electron chi connectivity index (χ2n) is 7.44. The lowest BCUT2D eigenvalue weighted by Gasteiger charge is -2.35. The van der Waals surface area contributed by atoms with Gasteiger partial charge in [0.1, 0.15) is 11.0 Å². The molecule has 0 spiro atoms. The number of rotatable bonds is 3. The fraction of sp³-hybridized carbons (Fsp3) is 0.333. The first-order valence-electron chi connectivity index (χ1n) is 9.56. The van der Waals surface area contributed by atoms with Crippen molar-refractivity contribution in [3.05, 3.63) is 59.7 Å². The SMILES string of the molecule is O=C(c1ccc2nsnc2c1)N1CCN(C(=O)C2CC2c2ccccc2)CC1. The minimum atomic E-state index is -0.00409. The van der Waals surface area contributed by atoms with Gasteiger partial charge in [-0.25, -0.2) is 0 Å². The first-order chi connectivity index (χ1) is 13.7. The molecule has 2 aromatic carbocycles. The Morgan fingerprint density at radius 1 is 0.893 bits per heavy atom. The molecule has 142 valence electrons. The molecule has 3 aromatic rings. The summed E-state index contributed by atoms with van der Waals surface area (Å²) in [5.74, 6) is 0.683. The summed E-state index contributed by atoms with van der Waals surface area (Å²) >= 11 is 1.15. The van der Waals surface area contributed by atoms with E-state index < -0.39 is 0 Å². The van der Waals surface area contributed by atoms with E-state index in [0.717, 1.165) is 29.2 Å². The van der Waals surface area contributed by atoms with Crippen molar-refractivity contribution in [2.24, 2.45) is 5.92 Å². The molecule has 28 heavy (non-hydrogen) atoms. The second-order valence-corrected chi connectivity index (χ2v) is 7.97. The fourth-order valence-electron chi connectivity index (χ4n) is 4.00. The zero-order valence-corrected chi connectivity index (χ0v) is 16.1. The summed E-state index contributed by atoms with van der Waals surface area (Å²) < 4.78 is 8.38. The van der Waals surface area contributed by atoms with Crippen LogP contribution < -0.4 is 0 Å². The number of amides is 2. The van der Waals surface area contributed by atoms with Crippen molar-refractivity contribution in [2.45, 2.75) is 12.3 Å². The van der Waals surface area contributed by atoms with Crippen molar-refractivity contribution in [3.63, 3.8) is 0 Å². The van der Waals surface area contributed by atoms with Gasteiger partial charge >= 0.3 is 0 Å². The average Bonchev–Trinajstić information content (AvgIpc) is 3.42. The number of fused-ring (bicyclic) bond motifs is 1. The topological polar surface area (TPSA) is 66.4 Å². The van der Waals surface area contributed by atoms with Crippen molar-refractivity contribution >= 4 is 34.6 Å². The molecule has 2 amide bonds. The highest BCUT2D eigenvalue weighted by atomic mass is 32.1. The molecule has 0 N–H and O–H groups in total. The first kappa shape index (κ1) is 17.3. The Bertz CT molecular complexity index is 1030. The molecule has 5 rings (SSSR count). The number of piperazine rings is 1. The quantitative estimate of drug-likeness (QED) is 0.687. The number of carbonyl (C=O) groups excluding carboxylic acids is 2. The summed E-state index contributed by atoms with van der Waals surface area (Å²) in [6.07, 6.45) is 0.934. The summed E-state index contributed by atoms with van der Waals surface area (Å²) in [7, 11) is 0. The summed E-state index contributed by atoms with van der Waals surface area (Å²) in [6, 6.07) is 15.7. The predicted molar refractivity (Wildman–Crippen MR) is 107 cm³/mol. The third kappa shape index (κ3) is 3.16. The van der Waals surface area contributed by atoms with Gasteiger partial charge in [0.2, 0.25) is 5.91 Å². The van der Waals surface area contributed by atoms with E-state index in [1.165, 1.54) is 5.56 Å². The van der Waals surface area contributed by atoms with Crippen LogP contribution in [0.5, 0.6) is 0 Å². The lowest BCUT2D eigenvalue weighted by Crippen LogP contribution is -2.51. The van der Waals surface area contributed by atoms with Crippen LogP contribution in [0.1, 0.15) is 28.3 Å². The van der Waals surface area contributed by atoms with Crippen LogP contribution in [0.3, 0.4) is 0 Å². The maximum atomic E-state index is 12.8. The van der Waals surface area contributed by atoms with E-state index in [-0.39, 0.29) is 17.7 Å². The van der Waals surface area contributed by atoms with Crippen LogP contribution in [0, 0.1) is 5.92 Å². The van der Waals surface area contributed by atoms with Crippen LogP contribution in [0.2, 0.25) is 0 Å². The van der Waals surface area contributed by atoms with Crippen LogP contribution in [0.4, 0.5) is 0 Å². The maximum Gasteiger partial charge on any atom is 0.254 e. The zero-order chi connectivity index (χ0) is 19.1. The van der Waals surface area contributed by atoms with Crippen molar-refractivity contribution in [3.8, 4) is 0 Å². The minimum absolute atomic E-state index is 0.00409. The number of benzene rings is 2. The highest BCUT2D eigenvalue weighted by Crippen LogP contribution is 2.48. The highest BCUT2D eigenvalue weighted by molar-refractivity contribution is 7.00. The predicted octanol–water partition coefficient (Wildman–Crippen LogP) is 2.78. The molecule has 0 radical (unpaired) electrons. The smallest absolute Gasteiger partial charge is 0.254 e. The van der Waals surface area contributed by atoms with Gasteiger partial charge < -0.3 is 9.80 Å². The van der Waals surface area contributed by atoms with Crippen molar-refractivity contribution in [1.29, 1.82) is 0 Å². The minimum Gasteiger partial charge on any atom is -0.339 e. The number of hydrogen-bond acceptors (Lipinski definition) is 5. The molecule has 6 nitrogen and oxygen atoms in total. The molecule has 7 heteroatoms. The number of hydrogen-bond donors (Lipinski definition) is 0. The molecule has 1 aromatic heterocycles. The van der Waals surface area contributed by atoms with Crippen LogP contribution in [-0.4, -0.2) is 56.5 Å². The molecule has 2 aliphatic rings. The number of nitrogens with zero attached hydrogens (tertiary/aromatic N) is 4. The largest absolute Gasteiger partial charge is 0.339 e. The molecule has 0 bridgehead atoms. The fourth-order valence-corrected chi connectivity index (χ4v) is 4.52. The molecule has 1 saturated carbocycles. The van der Waals surface area contributed by atoms with Gasteiger partial charge in [0.25, 0.3) is 5.91 Å². The van der Waals surface area contributed by atoms with Crippen molar-refractivity contribution < 1.29 is 9.59 Å². The van der Waals surface area contributed by atoms with Crippen LogP contribution in [0.25, 0.3) is 11.0 Å². The molecular weight excluding hydrogens is 372 g/mol. The summed E-state index contributed by atoms with van der Waals surface area (Å²) in [5.41, 5.74) is 3.45. The van der Waals surface area contributed by atoms with Gasteiger partial charge in [-0.1, -0.05) is 30.3 Å². The van der Waals surface area contributed by atoms with E-state index in [1.54, 1.807) is 12.1 Å². The van der Waals surface area contributed by atoms with Gasteiger partial charge in [0.15, 0.2) is 0 Å². The third-order valence-corrected chi connectivity index (χ3v) is 6.27. The lowest BCUT2D eigenvalue weighted by molar-refractivity contribution is -0.134. The van der Waals surface area contributed by atoms with Gasteiger partial charge in [-0.05, 0) is 36.1 Å². The van der Waals surface area contributed by atoms with E-state index in [9.17, 15) is 9.59 Å². The normalized spacial score (nSPS) is 21.7. The zero-order valence-electron chi connectivity index (χ0n) is 15.3. The number of carbonyl (C=O) groups is 2. The lowest BCUT2D eigenvalue weighted by atomic mass is 10.1. The standard InChI is InChI=1S/C21H20N4O2S/c26-20(15-6-7-18-19(12-15)23-28-22-18)24-8-10-25(11-9-24)21(27)17-13-16(17)14-4-2-1-3-5-14/h1-7,12,16-17H,8-11,13H2. The Balaban J connectivity index is 1.19. The maximum absolute atomic E-state index is 12.8. The average molecular weight is 392 g/mol. The van der Waals surface area contributed by atoms with E-state index in [2.05, 4.69) is 20.9 Å². The van der Waals surface area contributed by atoms with Gasteiger partial charge in [-0.15, -0.1) is 0 Å². The van der Waals surface area contributed by atoms with Crippen molar-refractivity contribution in [2.75, 3.05) is 26.2 Å². The first-order valence-corrected chi connectivity index (χ1v) is 10.3. The highest BCUT2D eigenvalue weighted by Gasteiger charge is 2.46. The Kier molecular flexibility index (Phi) is 4.31. The molecule has 2 unspecified atom stereocenters. The van der Waals surface area contributed by atoms with Crippen molar-refractivity contribution in [1.82, 2.24) is 18.5 Å². The van der Waals surface area contributed by atoms with Crippen LogP contribution in [0.15, 0.2) is 48.5 Å². The van der Waals surface area contributed by atoms with E-state index in [4.69, 9.17) is 0 Å². The van der Waals surface area contributed by atoms with Crippen LogP contribution in [-0.2, 0) is 4.79 Å². The summed E-state index contributed by atoms with van der Waals surface area (Å²) in [6.45, 7) is 2.34. The molecular formula is C21H20N4O2S. The van der Waals surface area contributed by atoms with Gasteiger partial charge in [-0.2, -0.15) is 8.75 Å². The van der Waals surface area contributed by atoms with Gasteiger partial charge in [0.05, 0.1) is 11.7 Å². The molecule has 1 saturated heterocycles. The monoisotopic (exact) mass is 392 g/mol. The summed E-state index contributed by atoms with van der Waals surface area (Å²) in [4.78, 5) is 29.4. The van der Waals surface area contributed by atoms with Gasteiger partial charge in [0, 0.05) is 37.7 Å². The second kappa shape index (κ2) is 6.98. The van der Waals surface area contributed by atoms with Gasteiger partial charge in [-0.3, -0.25) is 9.59 Å². The van der Waals surface area contributed by atoms with E-state index in [0.29, 0.717) is 37.7 Å². The molecule has 2 atom stereocenters. The third-order valence-electron chi connectivity index (χ3n) is 5.71. The Labute approximate surface area is 167 Å². The van der Waals surface area contributed by atoms with Crippen LogP contribution >= 0.6 is 11.7 Å².